The van der Waals surface area contributed by atoms with Gasteiger partial charge >= 0.3 is 6.16 Å². The number of H-pyrrole nitrogens is 1. The fraction of sp³-hybridized carbons (Fsp3) is 0.579. The minimum absolute atomic E-state index is 0.113. The maximum Gasteiger partial charge on any atom is 0.512 e. The van der Waals surface area contributed by atoms with Crippen molar-refractivity contribution >= 4 is 17.1 Å². The highest BCUT2D eigenvalue weighted by atomic mass is 16.7. The minimum Gasteiger partial charge on any atom is -0.449 e. The van der Waals surface area contributed by atoms with Crippen molar-refractivity contribution in [2.75, 3.05) is 33.4 Å². The molecule has 1 unspecified atom stereocenters. The minimum atomic E-state index is -1.37. The molecule has 0 aromatic carbocycles. The first-order chi connectivity index (χ1) is 13.1. The van der Waals surface area contributed by atoms with Crippen molar-refractivity contribution in [3.63, 3.8) is 0 Å². The number of methoxy groups -OCH3 is 1. The Kier molecular flexibility index (Phi) is 5.03. The van der Waals surface area contributed by atoms with Crippen molar-refractivity contribution in [1.82, 2.24) is 14.9 Å². The number of aryl methyl sites for hydroxylation is 2. The third-order valence-corrected chi connectivity index (χ3v) is 5.51. The van der Waals surface area contributed by atoms with Crippen molar-refractivity contribution < 1.29 is 24.1 Å². The van der Waals surface area contributed by atoms with Crippen molar-refractivity contribution in [1.29, 1.82) is 0 Å². The lowest BCUT2D eigenvalue weighted by atomic mass is 9.88. The van der Waals surface area contributed by atoms with E-state index < -0.39 is 6.16 Å². The van der Waals surface area contributed by atoms with Crippen LogP contribution in [0.25, 0.3) is 10.9 Å². The van der Waals surface area contributed by atoms with Gasteiger partial charge in [-0.05, 0) is 31.7 Å². The summed E-state index contributed by atoms with van der Waals surface area (Å²) in [6.45, 7) is 5.41. The molecule has 2 N–H and O–H groups in total. The molecule has 2 aliphatic rings. The van der Waals surface area contributed by atoms with Gasteiger partial charge in [0.05, 0.1) is 36.6 Å². The van der Waals surface area contributed by atoms with Crippen LogP contribution in [0.3, 0.4) is 0 Å². The van der Waals surface area contributed by atoms with E-state index in [1.165, 1.54) is 11.3 Å². The molecule has 2 aromatic heterocycles. The molecule has 0 spiro atoms. The van der Waals surface area contributed by atoms with E-state index in [0.29, 0.717) is 5.56 Å². The second-order valence-electron chi connectivity index (χ2n) is 7.11. The van der Waals surface area contributed by atoms with E-state index in [1.807, 2.05) is 6.92 Å². The Morgan fingerprint density at radius 3 is 2.89 bits per heavy atom. The van der Waals surface area contributed by atoms with E-state index in [0.717, 1.165) is 62.2 Å². The summed E-state index contributed by atoms with van der Waals surface area (Å²) in [4.78, 5) is 21.6. The van der Waals surface area contributed by atoms with Crippen LogP contribution in [0.5, 0.6) is 5.88 Å². The summed E-state index contributed by atoms with van der Waals surface area (Å²) >= 11 is 0. The normalized spacial score (nSPS) is 20.6. The number of ether oxygens (including phenoxy) is 3. The number of rotatable bonds is 4. The van der Waals surface area contributed by atoms with Crippen molar-refractivity contribution in [3.05, 3.63) is 22.5 Å². The van der Waals surface area contributed by atoms with Crippen LogP contribution < -0.4 is 4.74 Å². The van der Waals surface area contributed by atoms with Crippen molar-refractivity contribution in [3.8, 4) is 5.88 Å². The fourth-order valence-corrected chi connectivity index (χ4v) is 4.41. The zero-order valence-corrected chi connectivity index (χ0v) is 15.7. The second-order valence-corrected chi connectivity index (χ2v) is 7.11. The second kappa shape index (κ2) is 7.46. The predicted molar refractivity (Wildman–Crippen MR) is 98.3 cm³/mol. The number of morpholine rings is 1. The van der Waals surface area contributed by atoms with E-state index in [9.17, 15) is 4.79 Å². The molecule has 2 aromatic rings. The van der Waals surface area contributed by atoms with Gasteiger partial charge in [0.1, 0.15) is 0 Å². The standard InChI is InChI=1S/C19H25N3O5/c1-11-17-15(12(10-25-2)18(20-11)27-19(23)24)16-13(21-17)4-3-5-14(16)22-6-8-26-9-7-22/h14,21H,3-10H2,1-2H3,(H,23,24). The lowest BCUT2D eigenvalue weighted by Crippen LogP contribution is -2.40. The number of fused-ring (bicyclic) bond motifs is 3. The lowest BCUT2D eigenvalue weighted by Gasteiger charge is -2.37. The molecular formula is C19H25N3O5. The number of aromatic amines is 1. The largest absolute Gasteiger partial charge is 0.512 e. The molecule has 4 rings (SSSR count). The number of hydrogen-bond acceptors (Lipinski definition) is 6. The molecule has 8 nitrogen and oxygen atoms in total. The maximum absolute atomic E-state index is 11.2. The van der Waals surface area contributed by atoms with Gasteiger partial charge in [-0.25, -0.2) is 9.78 Å². The smallest absolute Gasteiger partial charge is 0.449 e. The Morgan fingerprint density at radius 2 is 2.19 bits per heavy atom. The third kappa shape index (κ3) is 3.28. The first-order valence-electron chi connectivity index (χ1n) is 9.35. The molecule has 27 heavy (non-hydrogen) atoms. The monoisotopic (exact) mass is 375 g/mol. The summed E-state index contributed by atoms with van der Waals surface area (Å²) < 4.78 is 15.9. The summed E-state index contributed by atoms with van der Waals surface area (Å²) in [7, 11) is 1.59. The Morgan fingerprint density at radius 1 is 1.41 bits per heavy atom. The highest BCUT2D eigenvalue weighted by molar-refractivity contribution is 5.92. The van der Waals surface area contributed by atoms with E-state index in [1.54, 1.807) is 7.11 Å². The number of nitrogens with zero attached hydrogens (tertiary/aromatic N) is 2. The van der Waals surface area contributed by atoms with Crippen LogP contribution in [0.15, 0.2) is 0 Å². The van der Waals surface area contributed by atoms with Gasteiger partial charge in [-0.3, -0.25) is 4.90 Å². The number of pyridine rings is 1. The van der Waals surface area contributed by atoms with E-state index in [-0.39, 0.29) is 18.5 Å². The van der Waals surface area contributed by atoms with Crippen LogP contribution in [-0.4, -0.2) is 59.5 Å². The van der Waals surface area contributed by atoms with Gasteiger partial charge < -0.3 is 24.3 Å². The lowest BCUT2D eigenvalue weighted by molar-refractivity contribution is 0.0127. The van der Waals surface area contributed by atoms with Gasteiger partial charge in [-0.2, -0.15) is 0 Å². The van der Waals surface area contributed by atoms with Gasteiger partial charge in [0.25, 0.3) is 0 Å². The SMILES string of the molecule is COCc1c(OC(=O)O)nc(C)c2[nH]c3c(c12)C(N1CCOCC1)CCC3. The highest BCUT2D eigenvalue weighted by Crippen LogP contribution is 2.43. The van der Waals surface area contributed by atoms with Crippen LogP contribution in [0.4, 0.5) is 4.79 Å². The fourth-order valence-electron chi connectivity index (χ4n) is 4.41. The topological polar surface area (TPSA) is 96.9 Å². The first-order valence-corrected chi connectivity index (χ1v) is 9.35. The quantitative estimate of drug-likeness (QED) is 0.793. The van der Waals surface area contributed by atoms with Crippen LogP contribution in [-0.2, 0) is 22.5 Å². The van der Waals surface area contributed by atoms with Gasteiger partial charge in [-0.1, -0.05) is 0 Å². The third-order valence-electron chi connectivity index (χ3n) is 5.51. The van der Waals surface area contributed by atoms with Gasteiger partial charge in [-0.15, -0.1) is 0 Å². The van der Waals surface area contributed by atoms with E-state index >= 15 is 0 Å². The van der Waals surface area contributed by atoms with Gasteiger partial charge in [0.2, 0.25) is 5.88 Å². The summed E-state index contributed by atoms with van der Waals surface area (Å²) in [5.74, 6) is 0.113. The molecule has 1 fully saturated rings. The predicted octanol–water partition coefficient (Wildman–Crippen LogP) is 2.78. The van der Waals surface area contributed by atoms with Gasteiger partial charge in [0, 0.05) is 37.3 Å². The summed E-state index contributed by atoms with van der Waals surface area (Å²) in [5, 5.41) is 10.1. The van der Waals surface area contributed by atoms with Crippen molar-refractivity contribution in [2.45, 2.75) is 38.8 Å². The average molecular weight is 375 g/mol. The molecule has 0 bridgehead atoms. The van der Waals surface area contributed by atoms with E-state index in [4.69, 9.17) is 19.3 Å². The molecule has 1 atom stereocenters. The molecule has 8 heteroatoms. The maximum atomic E-state index is 11.2. The molecule has 1 aliphatic carbocycles. The molecule has 0 saturated carbocycles. The molecule has 3 heterocycles. The molecule has 0 radical (unpaired) electrons. The Hall–Kier alpha value is -2.16. The molecule has 0 amide bonds. The van der Waals surface area contributed by atoms with Crippen LogP contribution in [0.2, 0.25) is 0 Å². The molecule has 1 saturated heterocycles. The molecular weight excluding hydrogens is 350 g/mol. The highest BCUT2D eigenvalue weighted by Gasteiger charge is 2.33. The number of nitrogens with one attached hydrogen (secondary N) is 1. The average Bonchev–Trinajstić information content (AvgIpc) is 3.05. The summed E-state index contributed by atoms with van der Waals surface area (Å²) in [6, 6.07) is 0.279. The number of carbonyl (C=O) groups is 1. The van der Waals surface area contributed by atoms with E-state index in [2.05, 4.69) is 14.9 Å². The Balaban J connectivity index is 1.91. The van der Waals surface area contributed by atoms with Crippen LogP contribution in [0.1, 0.15) is 41.4 Å². The summed E-state index contributed by atoms with van der Waals surface area (Å²) in [5.41, 5.74) is 4.83. The Labute approximate surface area is 157 Å². The van der Waals surface area contributed by atoms with Crippen LogP contribution >= 0.6 is 0 Å². The number of aromatic nitrogens is 2. The summed E-state index contributed by atoms with van der Waals surface area (Å²) in [6.07, 6.45) is 1.80. The molecule has 1 aliphatic heterocycles. The first kappa shape index (κ1) is 18.2. The zero-order chi connectivity index (χ0) is 19.0. The number of hydrogen-bond donors (Lipinski definition) is 2. The van der Waals surface area contributed by atoms with Gasteiger partial charge in [0.15, 0.2) is 0 Å². The molecule has 146 valence electrons. The van der Waals surface area contributed by atoms with Crippen molar-refractivity contribution in [2.24, 2.45) is 0 Å². The Bertz CT molecular complexity index is 857. The number of carboxylic acid groups (broad SMARTS) is 1. The van der Waals surface area contributed by atoms with Crippen LogP contribution in [0, 0.1) is 6.92 Å². The zero-order valence-electron chi connectivity index (χ0n) is 15.7.